The lowest BCUT2D eigenvalue weighted by molar-refractivity contribution is 0.779. The van der Waals surface area contributed by atoms with Crippen LogP contribution in [-0.4, -0.2) is 0 Å². The van der Waals surface area contributed by atoms with E-state index in [9.17, 15) is 0 Å². The summed E-state index contributed by atoms with van der Waals surface area (Å²) in [6.07, 6.45) is 0. The molecule has 6 rings (SSSR count). The van der Waals surface area contributed by atoms with Crippen molar-refractivity contribution in [1.82, 2.24) is 0 Å². The molecule has 0 bridgehead atoms. The fraction of sp³-hybridized carbons (Fsp3) is 0.154. The Labute approximate surface area is 202 Å². The molecule has 148 valence electrons. The molecule has 0 aliphatic heterocycles. The first-order chi connectivity index (χ1) is 14.5. The van der Waals surface area contributed by atoms with Crippen LogP contribution in [0.15, 0.2) is 60.7 Å². The number of aryl methyl sites for hydroxylation is 3. The van der Waals surface area contributed by atoms with Gasteiger partial charge in [-0.15, -0.1) is 34.0 Å². The van der Waals surface area contributed by atoms with Crippen LogP contribution in [0.25, 0.3) is 19.2 Å². The van der Waals surface area contributed by atoms with Crippen molar-refractivity contribution < 1.29 is 0 Å². The smallest absolute Gasteiger partial charge is 0.0745 e. The van der Waals surface area contributed by atoms with Crippen molar-refractivity contribution in [2.45, 2.75) is 26.2 Å². The van der Waals surface area contributed by atoms with Gasteiger partial charge in [0.1, 0.15) is 0 Å². The standard InChI is InChI=1S/C26H19IS3/c1-14-9-11-18(12-10-14)26(17-7-5-4-6-8-17)19-13-20(27)29-23(19)25-21(26)24-22(30-25)15(2)16(3)28-24/h4-13H,1-3H3. The highest BCUT2D eigenvalue weighted by atomic mass is 127. The van der Waals surface area contributed by atoms with Crippen molar-refractivity contribution in [1.29, 1.82) is 0 Å². The lowest BCUT2D eigenvalue weighted by Crippen LogP contribution is -2.28. The predicted octanol–water partition coefficient (Wildman–Crippen LogP) is 8.92. The first-order valence-corrected chi connectivity index (χ1v) is 13.5. The third kappa shape index (κ3) is 2.42. The van der Waals surface area contributed by atoms with Gasteiger partial charge in [-0.25, -0.2) is 0 Å². The molecule has 0 radical (unpaired) electrons. The molecule has 0 saturated carbocycles. The molecule has 0 spiro atoms. The van der Waals surface area contributed by atoms with Crippen LogP contribution < -0.4 is 0 Å². The van der Waals surface area contributed by atoms with Gasteiger partial charge in [0.05, 0.1) is 22.8 Å². The van der Waals surface area contributed by atoms with E-state index in [2.05, 4.69) is 104 Å². The molecule has 30 heavy (non-hydrogen) atoms. The molecular formula is C26H19IS3. The molecule has 0 nitrogen and oxygen atoms in total. The van der Waals surface area contributed by atoms with Gasteiger partial charge in [-0.05, 0) is 71.7 Å². The van der Waals surface area contributed by atoms with Crippen LogP contribution in [0, 0.1) is 23.7 Å². The lowest BCUT2D eigenvalue weighted by Gasteiger charge is -2.32. The van der Waals surface area contributed by atoms with Crippen LogP contribution in [-0.2, 0) is 5.41 Å². The third-order valence-corrected chi connectivity index (χ3v) is 11.1. The van der Waals surface area contributed by atoms with E-state index < -0.39 is 0 Å². The van der Waals surface area contributed by atoms with Crippen molar-refractivity contribution in [3.05, 3.63) is 102 Å². The number of fused-ring (bicyclic) bond motifs is 5. The lowest BCUT2D eigenvalue weighted by atomic mass is 9.68. The second-order valence-corrected chi connectivity index (χ2v) is 13.2. The zero-order valence-corrected chi connectivity index (χ0v) is 21.5. The van der Waals surface area contributed by atoms with Crippen molar-refractivity contribution in [2.75, 3.05) is 0 Å². The summed E-state index contributed by atoms with van der Waals surface area (Å²) in [7, 11) is 0. The topological polar surface area (TPSA) is 0 Å². The van der Waals surface area contributed by atoms with Gasteiger partial charge in [-0.1, -0.05) is 60.2 Å². The molecule has 1 aliphatic rings. The number of rotatable bonds is 2. The molecule has 5 aromatic rings. The zero-order chi connectivity index (χ0) is 20.6. The Bertz CT molecular complexity index is 1420. The first-order valence-electron chi connectivity index (χ1n) is 9.97. The Kier molecular flexibility index (Phi) is 4.34. The Morgan fingerprint density at radius 1 is 0.733 bits per heavy atom. The number of hydrogen-bond acceptors (Lipinski definition) is 3. The summed E-state index contributed by atoms with van der Waals surface area (Å²) in [5, 5.41) is 0. The summed E-state index contributed by atoms with van der Waals surface area (Å²) in [5.74, 6) is 0. The highest BCUT2D eigenvalue weighted by Crippen LogP contribution is 2.64. The average molecular weight is 555 g/mol. The summed E-state index contributed by atoms with van der Waals surface area (Å²) >= 11 is 8.42. The molecule has 4 heteroatoms. The van der Waals surface area contributed by atoms with Crippen molar-refractivity contribution in [3.63, 3.8) is 0 Å². The summed E-state index contributed by atoms with van der Waals surface area (Å²) < 4.78 is 4.32. The summed E-state index contributed by atoms with van der Waals surface area (Å²) in [6, 6.07) is 22.8. The largest absolute Gasteiger partial charge is 0.139 e. The van der Waals surface area contributed by atoms with E-state index in [0.29, 0.717) is 0 Å². The second-order valence-electron chi connectivity index (χ2n) is 8.02. The van der Waals surface area contributed by atoms with Crippen molar-refractivity contribution in [2.24, 2.45) is 0 Å². The quantitative estimate of drug-likeness (QED) is 0.188. The maximum Gasteiger partial charge on any atom is 0.0745 e. The van der Waals surface area contributed by atoms with Crippen LogP contribution in [0.3, 0.4) is 0 Å². The molecule has 0 fully saturated rings. The molecule has 1 unspecified atom stereocenters. The maximum atomic E-state index is 2.50. The maximum absolute atomic E-state index is 2.50. The number of halogens is 1. The summed E-state index contributed by atoms with van der Waals surface area (Å²) in [5.41, 5.74) is 8.21. The van der Waals surface area contributed by atoms with Gasteiger partial charge in [0.2, 0.25) is 0 Å². The molecular weight excluding hydrogens is 535 g/mol. The van der Waals surface area contributed by atoms with Gasteiger partial charge >= 0.3 is 0 Å². The van der Waals surface area contributed by atoms with E-state index in [0.717, 1.165) is 0 Å². The minimum absolute atomic E-state index is 0.248. The van der Waals surface area contributed by atoms with Gasteiger partial charge in [-0.2, -0.15) is 0 Å². The predicted molar refractivity (Wildman–Crippen MR) is 142 cm³/mol. The number of thiophene rings is 3. The Balaban J connectivity index is 1.84. The molecule has 0 saturated heterocycles. The fourth-order valence-corrected chi connectivity index (χ4v) is 9.77. The van der Waals surface area contributed by atoms with E-state index in [1.165, 1.54) is 60.3 Å². The molecule has 2 aromatic carbocycles. The van der Waals surface area contributed by atoms with Gasteiger partial charge in [0.15, 0.2) is 0 Å². The monoisotopic (exact) mass is 554 g/mol. The average Bonchev–Trinajstić information content (AvgIpc) is 3.44. The normalized spacial score (nSPS) is 17.5. The Morgan fingerprint density at radius 2 is 1.43 bits per heavy atom. The SMILES string of the molecule is Cc1ccc(C2(c3ccccc3)c3cc(I)sc3-c3sc4c(C)c(C)sc4c32)cc1. The van der Waals surface area contributed by atoms with Crippen LogP contribution >= 0.6 is 56.6 Å². The molecule has 0 amide bonds. The molecule has 3 aromatic heterocycles. The Hall–Kier alpha value is -1.47. The second kappa shape index (κ2) is 6.76. The van der Waals surface area contributed by atoms with Gasteiger partial charge in [0, 0.05) is 15.1 Å². The number of benzene rings is 2. The minimum atomic E-state index is -0.248. The molecule has 1 atom stereocenters. The third-order valence-electron chi connectivity index (χ3n) is 6.37. The van der Waals surface area contributed by atoms with Crippen LogP contribution in [0.1, 0.15) is 38.3 Å². The van der Waals surface area contributed by atoms with E-state index in [1.54, 1.807) is 0 Å². The van der Waals surface area contributed by atoms with Gasteiger partial charge < -0.3 is 0 Å². The molecule has 0 N–H and O–H groups in total. The van der Waals surface area contributed by atoms with E-state index in [4.69, 9.17) is 0 Å². The first kappa shape index (κ1) is 19.2. The van der Waals surface area contributed by atoms with Crippen LogP contribution in [0.5, 0.6) is 0 Å². The highest BCUT2D eigenvalue weighted by Gasteiger charge is 2.50. The van der Waals surface area contributed by atoms with Crippen molar-refractivity contribution >= 4 is 66.0 Å². The molecule has 1 aliphatic carbocycles. The minimum Gasteiger partial charge on any atom is -0.139 e. The van der Waals surface area contributed by atoms with E-state index in [-0.39, 0.29) is 5.41 Å². The van der Waals surface area contributed by atoms with Crippen molar-refractivity contribution in [3.8, 4) is 9.75 Å². The van der Waals surface area contributed by atoms with Crippen LogP contribution in [0.2, 0.25) is 0 Å². The number of hydrogen-bond donors (Lipinski definition) is 0. The van der Waals surface area contributed by atoms with E-state index in [1.807, 2.05) is 34.0 Å². The summed E-state index contributed by atoms with van der Waals surface area (Å²) in [6.45, 7) is 6.73. The Morgan fingerprint density at radius 3 is 2.17 bits per heavy atom. The van der Waals surface area contributed by atoms with E-state index >= 15 is 0 Å². The zero-order valence-electron chi connectivity index (χ0n) is 16.9. The van der Waals surface area contributed by atoms with Gasteiger partial charge in [0.25, 0.3) is 0 Å². The summed E-state index contributed by atoms with van der Waals surface area (Å²) in [4.78, 5) is 4.38. The molecule has 3 heterocycles. The fourth-order valence-electron chi connectivity index (χ4n) is 4.85. The van der Waals surface area contributed by atoms with Gasteiger partial charge in [-0.3, -0.25) is 0 Å². The van der Waals surface area contributed by atoms with Crippen LogP contribution in [0.4, 0.5) is 0 Å². The highest BCUT2D eigenvalue weighted by molar-refractivity contribution is 14.1.